The van der Waals surface area contributed by atoms with Gasteiger partial charge < -0.3 is 10.1 Å². The molecule has 5 heteroatoms. The Labute approximate surface area is 129 Å². The minimum Gasteiger partial charge on any atom is -0.383 e. The number of ether oxygens (including phenoxy) is 1. The Morgan fingerprint density at radius 3 is 2.86 bits per heavy atom. The zero-order valence-corrected chi connectivity index (χ0v) is 13.0. The summed E-state index contributed by atoms with van der Waals surface area (Å²) in [6, 6.07) is 10.4. The van der Waals surface area contributed by atoms with Crippen LogP contribution in [0.3, 0.4) is 0 Å². The second-order valence-electron chi connectivity index (χ2n) is 4.74. The van der Waals surface area contributed by atoms with Crippen LogP contribution in [0, 0.1) is 0 Å². The van der Waals surface area contributed by atoms with Crippen LogP contribution in [-0.2, 0) is 28.8 Å². The molecule has 21 heavy (non-hydrogen) atoms. The van der Waals surface area contributed by atoms with Gasteiger partial charge in [0.25, 0.3) is 0 Å². The molecule has 0 fully saturated rings. The maximum absolute atomic E-state index is 11.7. The van der Waals surface area contributed by atoms with Crippen LogP contribution in [0.25, 0.3) is 0 Å². The van der Waals surface area contributed by atoms with Gasteiger partial charge in [0.1, 0.15) is 0 Å². The number of aryl methyl sites for hydroxylation is 2. The van der Waals surface area contributed by atoms with Gasteiger partial charge in [0, 0.05) is 25.5 Å². The highest BCUT2D eigenvalue weighted by molar-refractivity contribution is 7.09. The van der Waals surface area contributed by atoms with Crippen LogP contribution in [-0.4, -0.2) is 31.2 Å². The fraction of sp³-hybridized carbons (Fsp3) is 0.375. The van der Waals surface area contributed by atoms with Gasteiger partial charge in [0.05, 0.1) is 23.7 Å². The lowest BCUT2D eigenvalue weighted by Gasteiger charge is -2.02. The summed E-state index contributed by atoms with van der Waals surface area (Å²) < 4.78 is 4.89. The molecule has 0 aliphatic heterocycles. The zero-order chi connectivity index (χ0) is 14.9. The minimum absolute atomic E-state index is 0.00745. The van der Waals surface area contributed by atoms with Gasteiger partial charge in [-0.15, -0.1) is 11.3 Å². The van der Waals surface area contributed by atoms with E-state index in [1.165, 1.54) is 5.56 Å². The summed E-state index contributed by atoms with van der Waals surface area (Å²) in [4.78, 5) is 16.2. The maximum Gasteiger partial charge on any atom is 0.226 e. The molecule has 1 amide bonds. The average Bonchev–Trinajstić information content (AvgIpc) is 2.94. The Morgan fingerprint density at radius 2 is 2.10 bits per heavy atom. The lowest BCUT2D eigenvalue weighted by Crippen LogP contribution is -2.28. The number of aromatic nitrogens is 1. The molecule has 0 spiro atoms. The van der Waals surface area contributed by atoms with Crippen molar-refractivity contribution < 1.29 is 9.53 Å². The number of carbonyl (C=O) groups excluding carboxylic acids is 1. The van der Waals surface area contributed by atoms with E-state index in [1.54, 1.807) is 18.4 Å². The highest BCUT2D eigenvalue weighted by atomic mass is 32.1. The minimum atomic E-state index is -0.00745. The molecule has 1 heterocycles. The normalized spacial score (nSPS) is 10.5. The molecule has 1 aromatic carbocycles. The number of nitrogens with one attached hydrogen (secondary N) is 1. The van der Waals surface area contributed by atoms with Crippen molar-refractivity contribution in [3.8, 4) is 0 Å². The molecule has 0 radical (unpaired) electrons. The summed E-state index contributed by atoms with van der Waals surface area (Å²) in [5, 5.41) is 5.85. The first kappa shape index (κ1) is 15.7. The maximum atomic E-state index is 11.7. The molecular formula is C16H20N2O2S. The van der Waals surface area contributed by atoms with E-state index in [9.17, 15) is 4.79 Å². The third-order valence-corrected chi connectivity index (χ3v) is 4.00. The molecule has 0 saturated carbocycles. The molecule has 4 nitrogen and oxygen atoms in total. The fourth-order valence-corrected chi connectivity index (χ4v) is 2.76. The van der Waals surface area contributed by atoms with Gasteiger partial charge in [-0.05, 0) is 12.0 Å². The van der Waals surface area contributed by atoms with E-state index in [1.807, 2.05) is 23.6 Å². The summed E-state index contributed by atoms with van der Waals surface area (Å²) in [5.41, 5.74) is 2.16. The van der Waals surface area contributed by atoms with Crippen LogP contribution >= 0.6 is 11.3 Å². The number of carbonyl (C=O) groups is 1. The van der Waals surface area contributed by atoms with Crippen LogP contribution < -0.4 is 5.32 Å². The van der Waals surface area contributed by atoms with Crippen molar-refractivity contribution in [2.45, 2.75) is 19.3 Å². The first-order chi connectivity index (χ1) is 10.3. The Morgan fingerprint density at radius 1 is 1.29 bits per heavy atom. The van der Waals surface area contributed by atoms with Crippen LogP contribution in [0.2, 0.25) is 0 Å². The largest absolute Gasteiger partial charge is 0.383 e. The van der Waals surface area contributed by atoms with Crippen molar-refractivity contribution in [2.75, 3.05) is 20.3 Å². The topological polar surface area (TPSA) is 51.2 Å². The van der Waals surface area contributed by atoms with Gasteiger partial charge in [0.2, 0.25) is 5.91 Å². The predicted molar refractivity (Wildman–Crippen MR) is 84.6 cm³/mol. The van der Waals surface area contributed by atoms with Crippen molar-refractivity contribution in [1.82, 2.24) is 10.3 Å². The first-order valence-corrected chi connectivity index (χ1v) is 7.88. The molecule has 1 N–H and O–H groups in total. The van der Waals surface area contributed by atoms with E-state index in [0.717, 1.165) is 23.5 Å². The monoisotopic (exact) mass is 304 g/mol. The quantitative estimate of drug-likeness (QED) is 0.761. The standard InChI is InChI=1S/C16H20N2O2S/c1-20-10-9-17-15(19)11-14-12-21-16(18-14)8-7-13-5-3-2-4-6-13/h2-6,12H,7-11H2,1H3,(H,17,19). The van der Waals surface area contributed by atoms with Gasteiger partial charge in [-0.25, -0.2) is 4.98 Å². The molecule has 2 aromatic rings. The molecule has 0 aliphatic rings. The van der Waals surface area contributed by atoms with Crippen molar-refractivity contribution in [1.29, 1.82) is 0 Å². The molecule has 112 valence electrons. The molecule has 0 saturated heterocycles. The Balaban J connectivity index is 1.77. The SMILES string of the molecule is COCCNC(=O)Cc1csc(CCc2ccccc2)n1. The molecule has 0 bridgehead atoms. The number of hydrogen-bond acceptors (Lipinski definition) is 4. The number of hydrogen-bond donors (Lipinski definition) is 1. The van der Waals surface area contributed by atoms with Crippen LogP contribution in [0.1, 0.15) is 16.3 Å². The van der Waals surface area contributed by atoms with Crippen molar-refractivity contribution in [3.63, 3.8) is 0 Å². The van der Waals surface area contributed by atoms with Gasteiger partial charge in [0.15, 0.2) is 0 Å². The lowest BCUT2D eigenvalue weighted by atomic mass is 10.1. The Bertz CT molecular complexity index is 554. The third kappa shape index (κ3) is 5.65. The fourth-order valence-electron chi connectivity index (χ4n) is 1.96. The van der Waals surface area contributed by atoms with Crippen LogP contribution in [0.4, 0.5) is 0 Å². The molecule has 2 rings (SSSR count). The Kier molecular flexibility index (Phi) is 6.37. The van der Waals surface area contributed by atoms with E-state index >= 15 is 0 Å². The predicted octanol–water partition coefficient (Wildman–Crippen LogP) is 2.23. The van der Waals surface area contributed by atoms with E-state index in [0.29, 0.717) is 19.6 Å². The lowest BCUT2D eigenvalue weighted by molar-refractivity contribution is -0.120. The summed E-state index contributed by atoms with van der Waals surface area (Å²) in [7, 11) is 1.62. The number of amides is 1. The van der Waals surface area contributed by atoms with Gasteiger partial charge in [-0.1, -0.05) is 30.3 Å². The van der Waals surface area contributed by atoms with Crippen LogP contribution in [0.5, 0.6) is 0 Å². The number of benzene rings is 1. The highest BCUT2D eigenvalue weighted by Crippen LogP contribution is 2.13. The summed E-state index contributed by atoms with van der Waals surface area (Å²) >= 11 is 1.62. The highest BCUT2D eigenvalue weighted by Gasteiger charge is 2.07. The molecule has 1 aromatic heterocycles. The smallest absolute Gasteiger partial charge is 0.226 e. The number of thiazole rings is 1. The summed E-state index contributed by atoms with van der Waals surface area (Å²) in [5.74, 6) is -0.00745. The molecule has 0 unspecified atom stereocenters. The van der Waals surface area contributed by atoms with Gasteiger partial charge >= 0.3 is 0 Å². The van der Waals surface area contributed by atoms with Crippen LogP contribution in [0.15, 0.2) is 35.7 Å². The molecular weight excluding hydrogens is 284 g/mol. The van der Waals surface area contributed by atoms with Crippen molar-refractivity contribution in [2.24, 2.45) is 0 Å². The Hall–Kier alpha value is -1.72. The molecule has 0 aliphatic carbocycles. The summed E-state index contributed by atoms with van der Waals surface area (Å²) in [6.45, 7) is 1.07. The average molecular weight is 304 g/mol. The second-order valence-corrected chi connectivity index (χ2v) is 5.68. The van der Waals surface area contributed by atoms with E-state index in [4.69, 9.17) is 4.74 Å². The number of rotatable bonds is 8. The third-order valence-electron chi connectivity index (χ3n) is 3.04. The van der Waals surface area contributed by atoms with Gasteiger partial charge in [-0.3, -0.25) is 4.79 Å². The molecule has 0 atom stereocenters. The van der Waals surface area contributed by atoms with Crippen molar-refractivity contribution in [3.05, 3.63) is 52.0 Å². The zero-order valence-electron chi connectivity index (χ0n) is 12.2. The van der Waals surface area contributed by atoms with E-state index in [-0.39, 0.29) is 5.91 Å². The van der Waals surface area contributed by atoms with E-state index < -0.39 is 0 Å². The number of nitrogens with zero attached hydrogens (tertiary/aromatic N) is 1. The first-order valence-electron chi connectivity index (χ1n) is 7.01. The summed E-state index contributed by atoms with van der Waals surface area (Å²) in [6.07, 6.45) is 2.24. The van der Waals surface area contributed by atoms with E-state index in [2.05, 4.69) is 22.4 Å². The second kappa shape index (κ2) is 8.54. The van der Waals surface area contributed by atoms with Gasteiger partial charge in [-0.2, -0.15) is 0 Å². The number of methoxy groups -OCH3 is 1. The van der Waals surface area contributed by atoms with Crippen molar-refractivity contribution >= 4 is 17.2 Å².